The molecule has 100 valence electrons. The molecular formula is C17H17N3. The van der Waals surface area contributed by atoms with Crippen LogP contribution in [0.1, 0.15) is 25.6 Å². The Bertz CT molecular complexity index is 685. The fraction of sp³-hybridized carbons (Fsp3) is 0.176. The van der Waals surface area contributed by atoms with Crippen LogP contribution in [0.15, 0.2) is 60.7 Å². The molecule has 0 bridgehead atoms. The Morgan fingerprint density at radius 1 is 0.850 bits per heavy atom. The molecule has 0 N–H and O–H groups in total. The smallest absolute Gasteiger partial charge is 0.181 e. The monoisotopic (exact) mass is 263 g/mol. The van der Waals surface area contributed by atoms with Crippen LogP contribution >= 0.6 is 0 Å². The maximum atomic E-state index is 4.71. The minimum Gasteiger partial charge on any atom is -0.217 e. The summed E-state index contributed by atoms with van der Waals surface area (Å²) in [5.74, 6) is 2.08. The summed E-state index contributed by atoms with van der Waals surface area (Å²) in [6, 6.07) is 20.2. The van der Waals surface area contributed by atoms with E-state index in [2.05, 4.69) is 31.1 Å². The van der Waals surface area contributed by atoms with Crippen LogP contribution in [0.3, 0.4) is 0 Å². The molecule has 3 nitrogen and oxygen atoms in total. The Morgan fingerprint density at radius 3 is 2.05 bits per heavy atom. The molecule has 0 saturated carbocycles. The van der Waals surface area contributed by atoms with Crippen molar-refractivity contribution in [3.05, 3.63) is 66.5 Å². The molecule has 2 aromatic carbocycles. The van der Waals surface area contributed by atoms with E-state index < -0.39 is 0 Å². The van der Waals surface area contributed by atoms with Gasteiger partial charge in [-0.05, 0) is 12.1 Å². The van der Waals surface area contributed by atoms with Crippen LogP contribution in [-0.2, 0) is 0 Å². The van der Waals surface area contributed by atoms with Crippen molar-refractivity contribution in [1.82, 2.24) is 14.8 Å². The van der Waals surface area contributed by atoms with E-state index in [-0.39, 0.29) is 0 Å². The molecule has 0 aliphatic carbocycles. The van der Waals surface area contributed by atoms with Crippen molar-refractivity contribution >= 4 is 0 Å². The summed E-state index contributed by atoms with van der Waals surface area (Å²) >= 11 is 0. The van der Waals surface area contributed by atoms with Crippen LogP contribution in [0, 0.1) is 0 Å². The summed E-state index contributed by atoms with van der Waals surface area (Å²) in [5, 5.41) is 4.68. The molecule has 0 radical (unpaired) electrons. The van der Waals surface area contributed by atoms with Crippen LogP contribution in [0.2, 0.25) is 0 Å². The molecule has 0 unspecified atom stereocenters. The number of para-hydroxylation sites is 1. The summed E-state index contributed by atoms with van der Waals surface area (Å²) in [5.41, 5.74) is 2.09. The van der Waals surface area contributed by atoms with E-state index >= 15 is 0 Å². The average molecular weight is 263 g/mol. The predicted octanol–water partition coefficient (Wildman–Crippen LogP) is 4.06. The third-order valence-electron chi connectivity index (χ3n) is 3.18. The molecule has 3 heteroatoms. The zero-order valence-corrected chi connectivity index (χ0v) is 11.7. The lowest BCUT2D eigenvalue weighted by atomic mass is 10.2. The van der Waals surface area contributed by atoms with E-state index in [1.54, 1.807) is 0 Å². The first-order valence-corrected chi connectivity index (χ1v) is 6.83. The van der Waals surface area contributed by atoms with Gasteiger partial charge in [-0.2, -0.15) is 0 Å². The third kappa shape index (κ3) is 2.35. The van der Waals surface area contributed by atoms with Crippen LogP contribution in [-0.4, -0.2) is 14.8 Å². The maximum absolute atomic E-state index is 4.71. The van der Waals surface area contributed by atoms with Crippen molar-refractivity contribution in [3.63, 3.8) is 0 Å². The van der Waals surface area contributed by atoms with E-state index in [9.17, 15) is 0 Å². The standard InChI is InChI=1S/C17H17N3/c1-13(2)17-18-16(14-9-5-3-6-10-14)19-20(17)15-11-7-4-8-12-15/h3-13H,1-2H3. The quantitative estimate of drug-likeness (QED) is 0.713. The van der Waals surface area contributed by atoms with Crippen molar-refractivity contribution in [2.75, 3.05) is 0 Å². The van der Waals surface area contributed by atoms with E-state index in [0.717, 1.165) is 22.9 Å². The van der Waals surface area contributed by atoms with Gasteiger partial charge in [-0.25, -0.2) is 9.67 Å². The molecule has 0 spiro atoms. The van der Waals surface area contributed by atoms with Crippen molar-refractivity contribution < 1.29 is 0 Å². The van der Waals surface area contributed by atoms with Gasteiger partial charge in [0, 0.05) is 11.5 Å². The maximum Gasteiger partial charge on any atom is 0.181 e. The van der Waals surface area contributed by atoms with Gasteiger partial charge in [0.2, 0.25) is 0 Å². The van der Waals surface area contributed by atoms with Gasteiger partial charge in [0.15, 0.2) is 5.82 Å². The number of hydrogen-bond donors (Lipinski definition) is 0. The second-order valence-electron chi connectivity index (χ2n) is 5.06. The first-order valence-electron chi connectivity index (χ1n) is 6.83. The van der Waals surface area contributed by atoms with Crippen molar-refractivity contribution in [1.29, 1.82) is 0 Å². The zero-order chi connectivity index (χ0) is 13.9. The molecule has 20 heavy (non-hydrogen) atoms. The molecule has 3 aromatic rings. The molecule has 0 amide bonds. The van der Waals surface area contributed by atoms with Gasteiger partial charge < -0.3 is 0 Å². The van der Waals surface area contributed by atoms with Gasteiger partial charge >= 0.3 is 0 Å². The second kappa shape index (κ2) is 5.29. The first-order chi connectivity index (χ1) is 9.75. The van der Waals surface area contributed by atoms with E-state index in [1.165, 1.54) is 0 Å². The predicted molar refractivity (Wildman–Crippen MR) is 80.9 cm³/mol. The second-order valence-corrected chi connectivity index (χ2v) is 5.06. The molecule has 3 rings (SSSR count). The highest BCUT2D eigenvalue weighted by Crippen LogP contribution is 2.22. The number of benzene rings is 2. The van der Waals surface area contributed by atoms with E-state index in [0.29, 0.717) is 5.92 Å². The lowest BCUT2D eigenvalue weighted by Gasteiger charge is -2.07. The molecule has 0 fully saturated rings. The van der Waals surface area contributed by atoms with Crippen molar-refractivity contribution in [2.45, 2.75) is 19.8 Å². The Labute approximate surface area is 118 Å². The minimum atomic E-state index is 0.320. The third-order valence-corrected chi connectivity index (χ3v) is 3.18. The molecule has 0 atom stereocenters. The normalized spacial score (nSPS) is 10.9. The Kier molecular flexibility index (Phi) is 3.33. The molecule has 0 aliphatic rings. The average Bonchev–Trinajstić information content (AvgIpc) is 2.94. The van der Waals surface area contributed by atoms with Gasteiger partial charge in [-0.3, -0.25) is 0 Å². The highest BCUT2D eigenvalue weighted by molar-refractivity contribution is 5.54. The van der Waals surface area contributed by atoms with Crippen LogP contribution < -0.4 is 0 Å². The lowest BCUT2D eigenvalue weighted by Crippen LogP contribution is -2.04. The first kappa shape index (κ1) is 12.6. The fourth-order valence-electron chi connectivity index (χ4n) is 2.17. The zero-order valence-electron chi connectivity index (χ0n) is 11.7. The van der Waals surface area contributed by atoms with Gasteiger partial charge in [0.05, 0.1) is 5.69 Å². The van der Waals surface area contributed by atoms with Crippen LogP contribution in [0.4, 0.5) is 0 Å². The van der Waals surface area contributed by atoms with Gasteiger partial charge in [-0.15, -0.1) is 5.10 Å². The fourth-order valence-corrected chi connectivity index (χ4v) is 2.17. The van der Waals surface area contributed by atoms with Crippen molar-refractivity contribution in [2.24, 2.45) is 0 Å². The SMILES string of the molecule is CC(C)c1nc(-c2ccccc2)nn1-c1ccccc1. The largest absolute Gasteiger partial charge is 0.217 e. The summed E-state index contributed by atoms with van der Waals surface area (Å²) < 4.78 is 1.94. The van der Waals surface area contributed by atoms with Gasteiger partial charge in [0.25, 0.3) is 0 Å². The Hall–Kier alpha value is -2.42. The molecule has 0 aliphatic heterocycles. The highest BCUT2D eigenvalue weighted by Gasteiger charge is 2.15. The van der Waals surface area contributed by atoms with E-state index in [1.807, 2.05) is 53.2 Å². The molecular weight excluding hydrogens is 246 g/mol. The molecule has 1 aromatic heterocycles. The topological polar surface area (TPSA) is 30.7 Å². The van der Waals surface area contributed by atoms with Gasteiger partial charge in [0.1, 0.15) is 5.82 Å². The highest BCUT2D eigenvalue weighted by atomic mass is 15.4. The molecule has 0 saturated heterocycles. The van der Waals surface area contributed by atoms with Crippen LogP contribution in [0.5, 0.6) is 0 Å². The van der Waals surface area contributed by atoms with Gasteiger partial charge in [-0.1, -0.05) is 62.4 Å². The summed E-state index contributed by atoms with van der Waals surface area (Å²) in [6.45, 7) is 4.27. The Balaban J connectivity index is 2.13. The van der Waals surface area contributed by atoms with Crippen LogP contribution in [0.25, 0.3) is 17.1 Å². The Morgan fingerprint density at radius 2 is 1.45 bits per heavy atom. The summed E-state index contributed by atoms with van der Waals surface area (Å²) in [4.78, 5) is 4.71. The number of rotatable bonds is 3. The molecule has 1 heterocycles. The van der Waals surface area contributed by atoms with E-state index in [4.69, 9.17) is 4.98 Å². The van der Waals surface area contributed by atoms with Crippen molar-refractivity contribution in [3.8, 4) is 17.1 Å². The summed E-state index contributed by atoms with van der Waals surface area (Å²) in [6.07, 6.45) is 0. The lowest BCUT2D eigenvalue weighted by molar-refractivity contribution is 0.714. The minimum absolute atomic E-state index is 0.320. The number of nitrogens with zero attached hydrogens (tertiary/aromatic N) is 3. The summed E-state index contributed by atoms with van der Waals surface area (Å²) in [7, 11) is 0. The number of aromatic nitrogens is 3. The number of hydrogen-bond acceptors (Lipinski definition) is 2.